The molecule has 0 bridgehead atoms. The third-order valence-electron chi connectivity index (χ3n) is 12.9. The zero-order valence-electron chi connectivity index (χ0n) is 41.5. The molecule has 0 radical (unpaired) electrons. The van der Waals surface area contributed by atoms with Crippen LogP contribution in [0.15, 0.2) is 76.3 Å². The van der Waals surface area contributed by atoms with Gasteiger partial charge in [-0.2, -0.15) is 24.6 Å². The number of aromatic nitrogens is 10. The molecule has 1 aliphatic heterocycles. The van der Waals surface area contributed by atoms with Gasteiger partial charge in [-0.1, -0.05) is 26.5 Å². The molecule has 1 saturated heterocycles. The number of phenols is 1. The minimum Gasteiger partial charge on any atom is -0.507 e. The van der Waals surface area contributed by atoms with E-state index in [9.17, 15) is 19.8 Å². The van der Waals surface area contributed by atoms with Gasteiger partial charge in [0.1, 0.15) is 28.9 Å². The monoisotopic (exact) mass is 1040 g/mol. The summed E-state index contributed by atoms with van der Waals surface area (Å²) in [7, 11) is 1.80. The van der Waals surface area contributed by atoms with Gasteiger partial charge in [-0.25, -0.2) is 28.1 Å². The number of halogens is 3. The van der Waals surface area contributed by atoms with Crippen molar-refractivity contribution in [3.05, 3.63) is 122 Å². The van der Waals surface area contributed by atoms with Crippen molar-refractivity contribution in [3.63, 3.8) is 0 Å². The number of phenolic OH excluding ortho intramolecular Hbond substituents is 1. The number of likely N-dealkylation sites (N-methyl/N-ethyl adjacent to an activating group) is 1. The van der Waals surface area contributed by atoms with Crippen molar-refractivity contribution in [2.75, 3.05) is 48.3 Å². The Morgan fingerprint density at radius 1 is 1.00 bits per heavy atom. The van der Waals surface area contributed by atoms with E-state index in [1.165, 1.54) is 16.7 Å². The third-order valence-corrected chi connectivity index (χ3v) is 13.5. The molecule has 374 valence electrons. The Kier molecular flexibility index (Phi) is 13.1. The fourth-order valence-corrected chi connectivity index (χ4v) is 9.70. The summed E-state index contributed by atoms with van der Waals surface area (Å²) < 4.78 is 37.2. The second kappa shape index (κ2) is 19.0. The Hall–Kier alpha value is -7.39. The first kappa shape index (κ1) is 49.6. The van der Waals surface area contributed by atoms with Gasteiger partial charge in [-0.3, -0.25) is 9.78 Å². The fraction of sp³-hybridized carbons (Fsp3) is 0.353. The topological polar surface area (TPSA) is 201 Å². The number of imidazole rings is 1. The number of pyridine rings is 2. The van der Waals surface area contributed by atoms with Gasteiger partial charge in [0.25, 0.3) is 5.91 Å². The molecule has 2 aromatic carbocycles. The van der Waals surface area contributed by atoms with Gasteiger partial charge in [0.15, 0.2) is 17.1 Å². The van der Waals surface area contributed by atoms with Crippen LogP contribution in [0.25, 0.3) is 44.7 Å². The normalized spacial score (nSPS) is 14.3. The van der Waals surface area contributed by atoms with Gasteiger partial charge in [-0.15, -0.1) is 0 Å². The van der Waals surface area contributed by atoms with E-state index in [1.54, 1.807) is 53.7 Å². The van der Waals surface area contributed by atoms with Crippen LogP contribution in [0.3, 0.4) is 0 Å². The van der Waals surface area contributed by atoms with Crippen molar-refractivity contribution >= 4 is 67.3 Å². The van der Waals surface area contributed by atoms with Gasteiger partial charge in [-0.05, 0) is 116 Å². The molecule has 8 aromatic rings. The number of hydrogen-bond donors (Lipinski definition) is 3. The van der Waals surface area contributed by atoms with Crippen LogP contribution in [0.1, 0.15) is 68.7 Å². The maximum absolute atomic E-state index is 16.4. The smallest absolute Gasteiger partial charge is 0.355 e. The lowest BCUT2D eigenvalue weighted by Crippen LogP contribution is -2.54. The molecule has 1 amide bonds. The van der Waals surface area contributed by atoms with Gasteiger partial charge in [0.2, 0.25) is 11.9 Å². The van der Waals surface area contributed by atoms with Crippen LogP contribution in [0.5, 0.6) is 5.75 Å². The maximum atomic E-state index is 16.4. The lowest BCUT2D eigenvalue weighted by molar-refractivity contribution is -0.128. The van der Waals surface area contributed by atoms with E-state index in [0.29, 0.717) is 50.4 Å². The first-order valence-electron chi connectivity index (χ1n) is 23.5. The highest BCUT2D eigenvalue weighted by atomic mass is 79.9. The van der Waals surface area contributed by atoms with Crippen molar-refractivity contribution in [1.82, 2.24) is 53.6 Å². The van der Waals surface area contributed by atoms with E-state index in [0.717, 1.165) is 34.3 Å². The summed E-state index contributed by atoms with van der Waals surface area (Å²) in [4.78, 5) is 62.5. The maximum Gasteiger partial charge on any atom is 0.355 e. The van der Waals surface area contributed by atoms with E-state index in [-0.39, 0.29) is 67.9 Å². The van der Waals surface area contributed by atoms with Gasteiger partial charge in [0, 0.05) is 51.0 Å². The van der Waals surface area contributed by atoms with E-state index >= 15 is 8.78 Å². The Bertz CT molecular complexity index is 3530. The quantitative estimate of drug-likeness (QED) is 0.0957. The number of nitrogens with one attached hydrogen (secondary N) is 1. The van der Waals surface area contributed by atoms with E-state index in [1.807, 2.05) is 63.1 Å². The average Bonchev–Trinajstić information content (AvgIpc) is 3.85. The molecular weight excluding hydrogens is 991 g/mol. The van der Waals surface area contributed by atoms with Gasteiger partial charge >= 0.3 is 5.69 Å². The number of benzene rings is 2. The molecule has 1 aliphatic rings. The summed E-state index contributed by atoms with van der Waals surface area (Å²) in [5.41, 5.74) is 3.48. The van der Waals surface area contributed by atoms with Gasteiger partial charge in [0.05, 0.1) is 62.7 Å². The summed E-state index contributed by atoms with van der Waals surface area (Å²) >= 11 is 3.54. The minimum absolute atomic E-state index is 0.00967. The van der Waals surface area contributed by atoms with Crippen LogP contribution < -0.4 is 20.8 Å². The standard InChI is InChI=1S/C51H55BrF2N14O4/c1-26(2)41-43(27(3)14-15-55-41)67-45-32(20-35(54)42(59-45)40-34(53)12-11-13-38(40)69)44(61-50(67)71)65-17-16-64(24-31(65)7)47(70)30(6)23-66-37-19-29(5)28(4)18-36(37)58-39(66)22-56-48-62-49(63(10)25-51(8,9)72)60-46-33(52)21-57-68(46)48/h11-15,18-21,26,31,69,72H,6,16-17,22-25H2,1-5,7-10H3,(H,56,60,62)/t31-/m0/s1. The molecule has 0 aliphatic carbocycles. The number of fused-ring (bicyclic) bond motifs is 3. The molecule has 6 aromatic heterocycles. The number of carbonyl (C=O) groups is 1. The van der Waals surface area contributed by atoms with E-state index in [4.69, 9.17) is 9.97 Å². The van der Waals surface area contributed by atoms with Crippen molar-refractivity contribution in [2.24, 2.45) is 0 Å². The number of piperazine rings is 1. The number of aryl methyl sites for hydroxylation is 3. The van der Waals surface area contributed by atoms with Crippen LogP contribution in [0.4, 0.5) is 26.5 Å². The number of aromatic hydroxyl groups is 1. The molecule has 7 heterocycles. The minimum atomic E-state index is -1.01. The van der Waals surface area contributed by atoms with E-state index in [2.05, 4.69) is 52.9 Å². The number of amides is 1. The molecule has 0 saturated carbocycles. The number of nitrogens with zero attached hydrogens (tertiary/aromatic N) is 13. The second-order valence-corrected chi connectivity index (χ2v) is 20.3. The molecular formula is C51H55BrF2N14O4. The predicted molar refractivity (Wildman–Crippen MR) is 276 cm³/mol. The average molecular weight is 1050 g/mol. The highest BCUT2D eigenvalue weighted by Gasteiger charge is 2.33. The largest absolute Gasteiger partial charge is 0.507 e. The zero-order valence-corrected chi connectivity index (χ0v) is 43.0. The molecule has 21 heteroatoms. The predicted octanol–water partition coefficient (Wildman–Crippen LogP) is 7.54. The third kappa shape index (κ3) is 9.21. The zero-order chi connectivity index (χ0) is 51.7. The van der Waals surface area contributed by atoms with Crippen molar-refractivity contribution in [3.8, 4) is 22.7 Å². The fourth-order valence-electron chi connectivity index (χ4n) is 9.35. The lowest BCUT2D eigenvalue weighted by atomic mass is 10.0. The highest BCUT2D eigenvalue weighted by molar-refractivity contribution is 9.10. The molecule has 1 atom stereocenters. The number of hydrogen-bond acceptors (Lipinski definition) is 14. The first-order chi connectivity index (χ1) is 34.1. The molecule has 1 fully saturated rings. The summed E-state index contributed by atoms with van der Waals surface area (Å²) in [5.74, 6) is -1.28. The number of carbonyl (C=O) groups excluding carboxylic acids is 1. The van der Waals surface area contributed by atoms with Crippen molar-refractivity contribution < 1.29 is 23.8 Å². The molecule has 9 rings (SSSR count). The van der Waals surface area contributed by atoms with Crippen LogP contribution in [0.2, 0.25) is 0 Å². The number of aliphatic hydroxyl groups is 1. The Morgan fingerprint density at radius 3 is 2.46 bits per heavy atom. The van der Waals surface area contributed by atoms with Gasteiger partial charge < -0.3 is 34.8 Å². The highest BCUT2D eigenvalue weighted by Crippen LogP contribution is 2.37. The first-order valence-corrected chi connectivity index (χ1v) is 24.2. The Balaban J connectivity index is 1.02. The number of rotatable bonds is 13. The Morgan fingerprint density at radius 2 is 1.75 bits per heavy atom. The van der Waals surface area contributed by atoms with Crippen molar-refractivity contribution in [1.29, 1.82) is 0 Å². The van der Waals surface area contributed by atoms with Crippen LogP contribution in [-0.2, 0) is 17.9 Å². The summed E-state index contributed by atoms with van der Waals surface area (Å²) in [6, 6.07) is 10.2. The summed E-state index contributed by atoms with van der Waals surface area (Å²) in [6.45, 7) is 20.5. The Labute approximate surface area is 421 Å². The molecule has 0 unspecified atom stereocenters. The van der Waals surface area contributed by atoms with E-state index < -0.39 is 46.0 Å². The molecule has 18 nitrogen and oxygen atoms in total. The van der Waals surface area contributed by atoms with Crippen LogP contribution in [0, 0.1) is 32.4 Å². The molecule has 3 N–H and O–H groups in total. The summed E-state index contributed by atoms with van der Waals surface area (Å²) in [5, 5.41) is 29.3. The second-order valence-electron chi connectivity index (χ2n) is 19.4. The van der Waals surface area contributed by atoms with Crippen LogP contribution >= 0.6 is 15.9 Å². The lowest BCUT2D eigenvalue weighted by Gasteiger charge is -2.41. The number of anilines is 3. The van der Waals surface area contributed by atoms with Crippen molar-refractivity contribution in [2.45, 2.75) is 86.0 Å². The summed E-state index contributed by atoms with van der Waals surface area (Å²) in [6.07, 6.45) is 3.27. The molecule has 72 heavy (non-hydrogen) atoms. The SMILES string of the molecule is C=C(Cn1c(CNc2nc(N(C)CC(C)(C)O)nc3c(Br)cnn23)nc2cc(C)c(C)cc21)C(=O)N1CCN(c2nc(=O)n(-c3c(C)ccnc3C(C)C)c3nc(-c4c(O)cccc4F)c(F)cc23)[C@@H](C)C1. The van der Waals surface area contributed by atoms with Crippen LogP contribution in [-0.4, -0.2) is 115 Å². The molecule has 0 spiro atoms.